The third kappa shape index (κ3) is 3.18. The summed E-state index contributed by atoms with van der Waals surface area (Å²) in [6, 6.07) is 6.47. The van der Waals surface area contributed by atoms with E-state index in [0.717, 1.165) is 6.07 Å². The van der Waals surface area contributed by atoms with Crippen LogP contribution in [0.25, 0.3) is 0 Å². The second-order valence-electron chi connectivity index (χ2n) is 3.88. The van der Waals surface area contributed by atoms with E-state index in [1.54, 1.807) is 0 Å². The number of benzene rings is 1. The van der Waals surface area contributed by atoms with Crippen molar-refractivity contribution < 1.29 is 14.0 Å². The maximum atomic E-state index is 13.6. The Morgan fingerprint density at radius 2 is 1.95 bits per heavy atom. The van der Waals surface area contributed by atoms with E-state index >= 15 is 0 Å². The number of carbonyl (C=O) groups is 2. The zero-order valence-corrected chi connectivity index (χ0v) is 11.6. The zero-order valence-electron chi connectivity index (χ0n) is 10.1. The molecule has 1 aromatic carbocycles. The molecule has 2 rings (SSSR count). The number of nitrogens with one attached hydrogen (secondary N) is 1. The van der Waals surface area contributed by atoms with Crippen molar-refractivity contribution in [3.05, 3.63) is 58.1 Å². The molecule has 0 aliphatic heterocycles. The van der Waals surface area contributed by atoms with E-state index in [1.807, 2.05) is 0 Å². The molecule has 0 unspecified atom stereocenters. The van der Waals surface area contributed by atoms with E-state index in [4.69, 9.17) is 5.73 Å². The monoisotopic (exact) mass is 337 g/mol. The molecule has 0 aliphatic carbocycles. The fourth-order valence-corrected chi connectivity index (χ4v) is 1.88. The Balaban J connectivity index is 2.27. The van der Waals surface area contributed by atoms with Gasteiger partial charge in [-0.25, -0.2) is 9.37 Å². The molecule has 0 saturated heterocycles. The predicted octanol–water partition coefficient (Wildman–Crippen LogP) is 2.33. The Hall–Kier alpha value is -2.28. The molecule has 0 saturated carbocycles. The van der Waals surface area contributed by atoms with Gasteiger partial charge in [-0.05, 0) is 46.3 Å². The Labute approximate surface area is 122 Å². The van der Waals surface area contributed by atoms with Gasteiger partial charge in [0, 0.05) is 17.3 Å². The van der Waals surface area contributed by atoms with Gasteiger partial charge in [-0.15, -0.1) is 0 Å². The van der Waals surface area contributed by atoms with E-state index in [1.165, 1.54) is 30.5 Å². The van der Waals surface area contributed by atoms with Crippen LogP contribution in [0.2, 0.25) is 0 Å². The first-order valence-electron chi connectivity index (χ1n) is 5.49. The van der Waals surface area contributed by atoms with Gasteiger partial charge in [-0.2, -0.15) is 0 Å². The van der Waals surface area contributed by atoms with Crippen LogP contribution in [0.1, 0.15) is 20.7 Å². The summed E-state index contributed by atoms with van der Waals surface area (Å²) < 4.78 is 14.1. The van der Waals surface area contributed by atoms with Crippen LogP contribution in [-0.2, 0) is 0 Å². The lowest BCUT2D eigenvalue weighted by molar-refractivity contribution is 0.0996. The number of nitrogens with zero attached hydrogens (tertiary/aromatic N) is 1. The summed E-state index contributed by atoms with van der Waals surface area (Å²) in [5.74, 6) is -1.88. The summed E-state index contributed by atoms with van der Waals surface area (Å²) >= 11 is 3.13. The molecule has 3 N–H and O–H groups in total. The molecule has 2 amide bonds. The molecule has 0 bridgehead atoms. The van der Waals surface area contributed by atoms with Crippen LogP contribution >= 0.6 is 15.9 Å². The zero-order chi connectivity index (χ0) is 14.7. The third-order valence-electron chi connectivity index (χ3n) is 2.49. The second kappa shape index (κ2) is 5.79. The minimum atomic E-state index is -0.702. The number of halogens is 2. The molecule has 0 aliphatic rings. The van der Waals surface area contributed by atoms with Gasteiger partial charge in [-0.3, -0.25) is 9.59 Å². The summed E-state index contributed by atoms with van der Waals surface area (Å²) in [5.41, 5.74) is 5.40. The summed E-state index contributed by atoms with van der Waals surface area (Å²) in [5, 5.41) is 2.38. The lowest BCUT2D eigenvalue weighted by Crippen LogP contribution is -2.15. The SMILES string of the molecule is NC(=O)c1ccc(F)c(NC(=O)c2ccnc(Br)c2)c1. The molecule has 0 radical (unpaired) electrons. The first kappa shape index (κ1) is 14.1. The molecule has 0 fully saturated rings. The maximum absolute atomic E-state index is 13.6. The molecule has 5 nitrogen and oxygen atoms in total. The minimum Gasteiger partial charge on any atom is -0.366 e. The van der Waals surface area contributed by atoms with Crippen molar-refractivity contribution in [1.82, 2.24) is 4.98 Å². The molecule has 7 heteroatoms. The van der Waals surface area contributed by atoms with Gasteiger partial charge >= 0.3 is 0 Å². The van der Waals surface area contributed by atoms with Gasteiger partial charge in [0.15, 0.2) is 0 Å². The van der Waals surface area contributed by atoms with Crippen LogP contribution in [0.15, 0.2) is 41.1 Å². The summed E-state index contributed by atoms with van der Waals surface area (Å²) in [4.78, 5) is 26.9. The van der Waals surface area contributed by atoms with Gasteiger partial charge in [-0.1, -0.05) is 0 Å². The highest BCUT2D eigenvalue weighted by Crippen LogP contribution is 2.17. The van der Waals surface area contributed by atoms with Gasteiger partial charge in [0.05, 0.1) is 5.69 Å². The lowest BCUT2D eigenvalue weighted by Gasteiger charge is -2.07. The number of aromatic nitrogens is 1. The van der Waals surface area contributed by atoms with Gasteiger partial charge in [0.25, 0.3) is 5.91 Å². The molecule has 20 heavy (non-hydrogen) atoms. The van der Waals surface area contributed by atoms with E-state index < -0.39 is 17.6 Å². The number of hydrogen-bond acceptors (Lipinski definition) is 3. The Morgan fingerprint density at radius 3 is 2.60 bits per heavy atom. The Kier molecular flexibility index (Phi) is 4.09. The topological polar surface area (TPSA) is 85.1 Å². The smallest absolute Gasteiger partial charge is 0.255 e. The van der Waals surface area contributed by atoms with Crippen LogP contribution in [-0.4, -0.2) is 16.8 Å². The first-order chi connectivity index (χ1) is 9.47. The third-order valence-corrected chi connectivity index (χ3v) is 2.92. The number of rotatable bonds is 3. The molecule has 102 valence electrons. The van der Waals surface area contributed by atoms with Crippen LogP contribution < -0.4 is 11.1 Å². The molecule has 1 heterocycles. The van der Waals surface area contributed by atoms with E-state index in [-0.39, 0.29) is 11.3 Å². The van der Waals surface area contributed by atoms with Gasteiger partial charge < -0.3 is 11.1 Å². The van der Waals surface area contributed by atoms with Crippen LogP contribution in [0.3, 0.4) is 0 Å². The molecule has 0 atom stereocenters. The van der Waals surface area contributed by atoms with Gasteiger partial charge in [0.2, 0.25) is 5.91 Å². The first-order valence-corrected chi connectivity index (χ1v) is 6.29. The van der Waals surface area contributed by atoms with Crippen molar-refractivity contribution in [1.29, 1.82) is 0 Å². The number of amides is 2. The standard InChI is InChI=1S/C13H9BrFN3O2/c14-11-6-8(3-4-17-11)13(20)18-10-5-7(12(16)19)1-2-9(10)15/h1-6H,(H2,16,19)(H,18,20). The van der Waals surface area contributed by atoms with E-state index in [9.17, 15) is 14.0 Å². The average molecular weight is 338 g/mol. The highest BCUT2D eigenvalue weighted by Gasteiger charge is 2.12. The van der Waals surface area contributed by atoms with Crippen molar-refractivity contribution >= 4 is 33.4 Å². The number of primary amides is 1. The minimum absolute atomic E-state index is 0.109. The fourth-order valence-electron chi connectivity index (χ4n) is 1.51. The van der Waals surface area contributed by atoms with Crippen molar-refractivity contribution in [3.63, 3.8) is 0 Å². The predicted molar refractivity (Wildman–Crippen MR) is 74.8 cm³/mol. The fraction of sp³-hybridized carbons (Fsp3) is 0. The van der Waals surface area contributed by atoms with Crippen molar-refractivity contribution in [2.45, 2.75) is 0 Å². The van der Waals surface area contributed by atoms with Crippen molar-refractivity contribution in [3.8, 4) is 0 Å². The van der Waals surface area contributed by atoms with Crippen molar-refractivity contribution in [2.75, 3.05) is 5.32 Å². The largest absolute Gasteiger partial charge is 0.366 e. The second-order valence-corrected chi connectivity index (χ2v) is 4.69. The number of pyridine rings is 1. The van der Waals surface area contributed by atoms with Crippen LogP contribution in [0.4, 0.5) is 10.1 Å². The maximum Gasteiger partial charge on any atom is 0.255 e. The Morgan fingerprint density at radius 1 is 1.20 bits per heavy atom. The lowest BCUT2D eigenvalue weighted by atomic mass is 10.1. The number of anilines is 1. The molecular formula is C13H9BrFN3O2. The summed E-state index contributed by atoms with van der Waals surface area (Å²) in [6.07, 6.45) is 1.44. The summed E-state index contributed by atoms with van der Waals surface area (Å²) in [6.45, 7) is 0. The highest BCUT2D eigenvalue weighted by atomic mass is 79.9. The van der Waals surface area contributed by atoms with Crippen molar-refractivity contribution in [2.24, 2.45) is 5.73 Å². The average Bonchev–Trinajstić information content (AvgIpc) is 2.41. The van der Waals surface area contributed by atoms with E-state index in [0.29, 0.717) is 10.2 Å². The summed E-state index contributed by atoms with van der Waals surface area (Å²) in [7, 11) is 0. The van der Waals surface area contributed by atoms with Crippen LogP contribution in [0, 0.1) is 5.82 Å². The quantitative estimate of drug-likeness (QED) is 0.843. The molecule has 2 aromatic rings. The molecule has 0 spiro atoms. The van der Waals surface area contributed by atoms with Gasteiger partial charge in [0.1, 0.15) is 10.4 Å². The number of nitrogens with two attached hydrogens (primary N) is 1. The molecular weight excluding hydrogens is 329 g/mol. The van der Waals surface area contributed by atoms with Crippen LogP contribution in [0.5, 0.6) is 0 Å². The number of carbonyl (C=O) groups excluding carboxylic acids is 2. The van der Waals surface area contributed by atoms with E-state index in [2.05, 4.69) is 26.2 Å². The Bertz CT molecular complexity index is 691. The number of hydrogen-bond donors (Lipinski definition) is 2. The highest BCUT2D eigenvalue weighted by molar-refractivity contribution is 9.10. The molecule has 1 aromatic heterocycles. The normalized spacial score (nSPS) is 10.1.